The van der Waals surface area contributed by atoms with Gasteiger partial charge in [-0.25, -0.2) is 9.97 Å². The van der Waals surface area contributed by atoms with Crippen LogP contribution >= 0.6 is 34.5 Å². The van der Waals surface area contributed by atoms with Gasteiger partial charge in [-0.2, -0.15) is 0 Å². The zero-order valence-corrected chi connectivity index (χ0v) is 15.6. The van der Waals surface area contributed by atoms with E-state index in [9.17, 15) is 0 Å². The van der Waals surface area contributed by atoms with Crippen molar-refractivity contribution in [1.82, 2.24) is 9.97 Å². The van der Waals surface area contributed by atoms with Crippen molar-refractivity contribution in [3.05, 3.63) is 70.5 Å². The molecule has 0 saturated heterocycles. The molecule has 0 aliphatic carbocycles. The average molecular weight is 386 g/mol. The molecule has 0 amide bonds. The van der Waals surface area contributed by atoms with Crippen molar-refractivity contribution in [3.63, 3.8) is 0 Å². The van der Waals surface area contributed by atoms with E-state index in [4.69, 9.17) is 23.2 Å². The molecule has 4 aromatic rings. The average Bonchev–Trinajstić information content (AvgIpc) is 3.02. The highest BCUT2D eigenvalue weighted by atomic mass is 35.5. The Morgan fingerprint density at radius 2 is 1.76 bits per heavy atom. The van der Waals surface area contributed by atoms with Crippen LogP contribution in [0.3, 0.4) is 0 Å². The van der Waals surface area contributed by atoms with Crippen LogP contribution in [0, 0.1) is 6.92 Å². The van der Waals surface area contributed by atoms with Crippen molar-refractivity contribution >= 4 is 56.3 Å². The highest BCUT2D eigenvalue weighted by molar-refractivity contribution is 7.21. The van der Waals surface area contributed by atoms with Crippen LogP contribution in [0.1, 0.15) is 5.82 Å². The third-order valence-corrected chi connectivity index (χ3v) is 5.37. The predicted octanol–water partition coefficient (Wildman–Crippen LogP) is 6.72. The van der Waals surface area contributed by atoms with E-state index >= 15 is 0 Å². The summed E-state index contributed by atoms with van der Waals surface area (Å²) < 4.78 is 0. The van der Waals surface area contributed by atoms with Crippen LogP contribution in [0.25, 0.3) is 20.7 Å². The van der Waals surface area contributed by atoms with Crippen LogP contribution in [0.15, 0.2) is 54.6 Å². The topological polar surface area (TPSA) is 37.8 Å². The molecule has 2 aromatic heterocycles. The van der Waals surface area contributed by atoms with E-state index in [-0.39, 0.29) is 0 Å². The first-order valence-electron chi connectivity index (χ1n) is 7.66. The normalized spacial score (nSPS) is 11.0. The highest BCUT2D eigenvalue weighted by Crippen LogP contribution is 2.37. The van der Waals surface area contributed by atoms with Gasteiger partial charge >= 0.3 is 0 Å². The number of hydrogen-bond acceptors (Lipinski definition) is 4. The summed E-state index contributed by atoms with van der Waals surface area (Å²) in [5.74, 6) is 1.45. The molecule has 0 radical (unpaired) electrons. The second-order valence-corrected chi connectivity index (χ2v) is 7.44. The number of fused-ring (bicyclic) bond motifs is 1. The fraction of sp³-hybridized carbons (Fsp3) is 0.0526. The second-order valence-electron chi connectivity index (χ2n) is 5.56. The Morgan fingerprint density at radius 3 is 2.52 bits per heavy atom. The van der Waals surface area contributed by atoms with Gasteiger partial charge in [0.25, 0.3) is 0 Å². The van der Waals surface area contributed by atoms with E-state index in [0.717, 1.165) is 26.6 Å². The van der Waals surface area contributed by atoms with E-state index in [1.165, 1.54) is 5.56 Å². The molecule has 2 heterocycles. The van der Waals surface area contributed by atoms with Crippen molar-refractivity contribution in [2.75, 3.05) is 5.32 Å². The molecule has 0 bridgehead atoms. The summed E-state index contributed by atoms with van der Waals surface area (Å²) in [6.45, 7) is 1.88. The quantitative estimate of drug-likeness (QED) is 0.425. The summed E-state index contributed by atoms with van der Waals surface area (Å²) in [6.07, 6.45) is 0. The summed E-state index contributed by atoms with van der Waals surface area (Å²) in [7, 11) is 0. The molecule has 3 nitrogen and oxygen atoms in total. The molecule has 124 valence electrons. The van der Waals surface area contributed by atoms with E-state index in [1.54, 1.807) is 23.5 Å². The summed E-state index contributed by atoms with van der Waals surface area (Å²) in [5.41, 5.74) is 1.93. The fourth-order valence-electron chi connectivity index (χ4n) is 2.59. The standard InChI is InChI=1S/C19H13Cl2N3S/c1-11-22-18(24-16-8-7-13(20)9-15(16)21)14-10-17(25-19(14)23-11)12-5-3-2-4-6-12/h2-10H,1H3,(H,22,23,24). The van der Waals surface area contributed by atoms with Crippen molar-refractivity contribution in [3.8, 4) is 10.4 Å². The Morgan fingerprint density at radius 1 is 0.960 bits per heavy atom. The molecule has 0 aliphatic rings. The third-order valence-electron chi connectivity index (χ3n) is 3.75. The van der Waals surface area contributed by atoms with E-state index in [2.05, 4.69) is 33.5 Å². The van der Waals surface area contributed by atoms with Crippen molar-refractivity contribution in [1.29, 1.82) is 0 Å². The highest BCUT2D eigenvalue weighted by Gasteiger charge is 2.13. The number of aryl methyl sites for hydroxylation is 1. The van der Waals surface area contributed by atoms with Gasteiger partial charge < -0.3 is 5.32 Å². The molecule has 25 heavy (non-hydrogen) atoms. The van der Waals surface area contributed by atoms with Crippen LogP contribution in [-0.4, -0.2) is 9.97 Å². The van der Waals surface area contributed by atoms with Crippen molar-refractivity contribution < 1.29 is 0 Å². The summed E-state index contributed by atoms with van der Waals surface area (Å²) in [5, 5.41) is 5.44. The van der Waals surface area contributed by atoms with Gasteiger partial charge in [0.15, 0.2) is 0 Å². The number of hydrogen-bond donors (Lipinski definition) is 1. The molecule has 0 fully saturated rings. The molecule has 0 atom stereocenters. The van der Waals surface area contributed by atoms with Gasteiger partial charge in [0.1, 0.15) is 16.5 Å². The largest absolute Gasteiger partial charge is 0.338 e. The number of halogens is 2. The van der Waals surface area contributed by atoms with Crippen molar-refractivity contribution in [2.45, 2.75) is 6.92 Å². The Bertz CT molecular complexity index is 1060. The zero-order chi connectivity index (χ0) is 17.4. The minimum atomic E-state index is 0.551. The van der Waals surface area contributed by atoms with Gasteiger partial charge in [0.2, 0.25) is 0 Å². The molecular formula is C19H13Cl2N3S. The van der Waals surface area contributed by atoms with Gasteiger partial charge in [0, 0.05) is 9.90 Å². The molecular weight excluding hydrogens is 373 g/mol. The summed E-state index contributed by atoms with van der Waals surface area (Å²) >= 11 is 13.9. The molecule has 0 aliphatic heterocycles. The Labute approximate surface area is 159 Å². The fourth-order valence-corrected chi connectivity index (χ4v) is 4.12. The maximum atomic E-state index is 6.28. The molecule has 6 heteroatoms. The number of benzene rings is 2. The first kappa shape index (κ1) is 16.3. The van der Waals surface area contributed by atoms with Crippen LogP contribution in [-0.2, 0) is 0 Å². The molecule has 4 rings (SSSR count). The lowest BCUT2D eigenvalue weighted by Crippen LogP contribution is -1.98. The first-order chi connectivity index (χ1) is 12.1. The van der Waals surface area contributed by atoms with E-state index in [0.29, 0.717) is 15.9 Å². The molecule has 0 unspecified atom stereocenters. The predicted molar refractivity (Wildman–Crippen MR) is 107 cm³/mol. The maximum absolute atomic E-state index is 6.28. The smallest absolute Gasteiger partial charge is 0.142 e. The Kier molecular flexibility index (Phi) is 4.34. The number of nitrogens with zero attached hydrogens (tertiary/aromatic N) is 2. The second kappa shape index (κ2) is 6.64. The SMILES string of the molecule is Cc1nc(Nc2ccc(Cl)cc2Cl)c2cc(-c3ccccc3)sc2n1. The monoisotopic (exact) mass is 385 g/mol. The minimum absolute atomic E-state index is 0.551. The van der Waals surface area contributed by atoms with Crippen molar-refractivity contribution in [2.24, 2.45) is 0 Å². The number of rotatable bonds is 3. The number of aromatic nitrogens is 2. The van der Waals surface area contributed by atoms with Crippen LogP contribution in [0.4, 0.5) is 11.5 Å². The molecule has 0 spiro atoms. The lowest BCUT2D eigenvalue weighted by atomic mass is 10.2. The van der Waals surface area contributed by atoms with Gasteiger partial charge in [-0.05, 0) is 36.8 Å². The molecule has 2 aromatic carbocycles. The summed E-state index contributed by atoms with van der Waals surface area (Å²) in [4.78, 5) is 11.2. The zero-order valence-electron chi connectivity index (χ0n) is 13.3. The van der Waals surface area contributed by atoms with Gasteiger partial charge in [-0.3, -0.25) is 0 Å². The Balaban J connectivity index is 1.82. The van der Waals surface area contributed by atoms with Gasteiger partial charge in [0.05, 0.1) is 16.1 Å². The van der Waals surface area contributed by atoms with E-state index < -0.39 is 0 Å². The number of nitrogens with one attached hydrogen (secondary N) is 1. The number of anilines is 2. The molecule has 0 saturated carbocycles. The van der Waals surface area contributed by atoms with Crippen LogP contribution in [0.2, 0.25) is 10.0 Å². The van der Waals surface area contributed by atoms with Gasteiger partial charge in [-0.1, -0.05) is 53.5 Å². The maximum Gasteiger partial charge on any atom is 0.142 e. The van der Waals surface area contributed by atoms with Crippen LogP contribution < -0.4 is 5.32 Å². The minimum Gasteiger partial charge on any atom is -0.338 e. The lowest BCUT2D eigenvalue weighted by molar-refractivity contribution is 1.10. The first-order valence-corrected chi connectivity index (χ1v) is 9.23. The Hall–Kier alpha value is -2.14. The van der Waals surface area contributed by atoms with Gasteiger partial charge in [-0.15, -0.1) is 11.3 Å². The molecule has 1 N–H and O–H groups in total. The van der Waals surface area contributed by atoms with Crippen LogP contribution in [0.5, 0.6) is 0 Å². The summed E-state index contributed by atoms with van der Waals surface area (Å²) in [6, 6.07) is 17.7. The number of thiophene rings is 1. The lowest BCUT2D eigenvalue weighted by Gasteiger charge is -2.09. The van der Waals surface area contributed by atoms with E-state index in [1.807, 2.05) is 31.2 Å². The third kappa shape index (κ3) is 3.33.